The third-order valence-electron chi connectivity index (χ3n) is 3.93. The van der Waals surface area contributed by atoms with Gasteiger partial charge in [0.15, 0.2) is 0 Å². The Labute approximate surface area is 166 Å². The Balaban J connectivity index is 0.000000516. The van der Waals surface area contributed by atoms with E-state index in [4.69, 9.17) is 9.90 Å². The van der Waals surface area contributed by atoms with E-state index >= 15 is 0 Å². The van der Waals surface area contributed by atoms with Crippen LogP contribution in [0.1, 0.15) is 34.2 Å². The Morgan fingerprint density at radius 1 is 1.28 bits per heavy atom. The highest BCUT2D eigenvalue weighted by Crippen LogP contribution is 2.17. The van der Waals surface area contributed by atoms with Crippen molar-refractivity contribution in [2.75, 3.05) is 6.54 Å². The van der Waals surface area contributed by atoms with Gasteiger partial charge in [0.05, 0.1) is 17.8 Å². The summed E-state index contributed by atoms with van der Waals surface area (Å²) in [5.41, 5.74) is 3.41. The summed E-state index contributed by atoms with van der Waals surface area (Å²) in [6.45, 7) is 11.3. The molecule has 2 aromatic rings. The number of pyridine rings is 1. The van der Waals surface area contributed by atoms with Crippen LogP contribution in [0, 0.1) is 13.8 Å². The van der Waals surface area contributed by atoms with Crippen molar-refractivity contribution in [1.29, 1.82) is 0 Å². The Morgan fingerprint density at radius 2 is 1.83 bits per heavy atom. The zero-order valence-corrected chi connectivity index (χ0v) is 16.4. The van der Waals surface area contributed by atoms with Crippen LogP contribution in [-0.2, 0) is 17.9 Å². The predicted octanol–water partition coefficient (Wildman–Crippen LogP) is 3.38. The summed E-state index contributed by atoms with van der Waals surface area (Å²) in [4.78, 5) is 27.6. The molecule has 0 saturated carbocycles. The number of hydrogen-bond donors (Lipinski definition) is 1. The number of allylic oxidation sites excluding steroid dienone is 1. The molecule has 0 saturated heterocycles. The lowest BCUT2D eigenvalue weighted by atomic mass is 10.1. The van der Waals surface area contributed by atoms with Gasteiger partial charge in [0.25, 0.3) is 5.91 Å². The third kappa shape index (κ3) is 6.74. The molecule has 158 valence electrons. The first-order valence-corrected chi connectivity index (χ1v) is 8.66. The maximum absolute atomic E-state index is 12.9. The fourth-order valence-corrected chi connectivity index (χ4v) is 2.50. The summed E-state index contributed by atoms with van der Waals surface area (Å²) >= 11 is 0. The van der Waals surface area contributed by atoms with Crippen LogP contribution < -0.4 is 0 Å². The Kier molecular flexibility index (Phi) is 8.56. The van der Waals surface area contributed by atoms with E-state index in [2.05, 4.69) is 16.7 Å². The second-order valence-corrected chi connectivity index (χ2v) is 5.99. The van der Waals surface area contributed by atoms with Gasteiger partial charge in [0.1, 0.15) is 0 Å². The number of hydrogen-bond acceptors (Lipinski definition) is 4. The fraction of sp³-hybridized carbons (Fsp3) is 0.368. The molecule has 1 amide bonds. The van der Waals surface area contributed by atoms with Gasteiger partial charge in [0.2, 0.25) is 0 Å². The number of carboxylic acids is 1. The first-order chi connectivity index (χ1) is 13.5. The van der Waals surface area contributed by atoms with Crippen LogP contribution in [0.2, 0.25) is 0 Å². The molecular formula is C19H23F3N4O3. The standard InChI is InChI=1S/C17H22N4O.C2HF3O2/c1-5-11-21-14(4)16(13(3)19-21)17(22)20(6-2)12-15-7-9-18-10-8-15;3-2(4,5)1(6)7/h5,7-10H,1,6,11-12H2,2-4H3;(H,6,7). The average Bonchev–Trinajstić information content (AvgIpc) is 2.93. The van der Waals surface area contributed by atoms with Crippen LogP contribution in [0.25, 0.3) is 0 Å². The number of aryl methyl sites for hydroxylation is 1. The van der Waals surface area contributed by atoms with Crippen LogP contribution in [0.5, 0.6) is 0 Å². The van der Waals surface area contributed by atoms with E-state index in [0.717, 1.165) is 17.0 Å². The lowest BCUT2D eigenvalue weighted by molar-refractivity contribution is -0.192. The lowest BCUT2D eigenvalue weighted by Gasteiger charge is -2.21. The van der Waals surface area contributed by atoms with E-state index in [-0.39, 0.29) is 5.91 Å². The van der Waals surface area contributed by atoms with Crippen molar-refractivity contribution in [3.05, 3.63) is 59.7 Å². The van der Waals surface area contributed by atoms with Gasteiger partial charge in [0, 0.05) is 31.2 Å². The minimum atomic E-state index is -5.08. The molecule has 0 atom stereocenters. The van der Waals surface area contributed by atoms with Gasteiger partial charge in [-0.3, -0.25) is 14.5 Å². The number of alkyl halides is 3. The van der Waals surface area contributed by atoms with Gasteiger partial charge in [-0.15, -0.1) is 6.58 Å². The number of amides is 1. The third-order valence-corrected chi connectivity index (χ3v) is 3.93. The molecule has 10 heteroatoms. The minimum absolute atomic E-state index is 0.0182. The maximum Gasteiger partial charge on any atom is 0.490 e. The van der Waals surface area contributed by atoms with Crippen LogP contribution in [0.15, 0.2) is 37.2 Å². The number of aliphatic carboxylic acids is 1. The highest BCUT2D eigenvalue weighted by atomic mass is 19.4. The second kappa shape index (κ2) is 10.4. The van der Waals surface area contributed by atoms with E-state index in [9.17, 15) is 18.0 Å². The molecule has 0 aromatic carbocycles. The normalized spacial score (nSPS) is 10.7. The first-order valence-electron chi connectivity index (χ1n) is 8.66. The predicted molar refractivity (Wildman–Crippen MR) is 100 cm³/mol. The van der Waals surface area contributed by atoms with Crippen LogP contribution in [-0.4, -0.2) is 49.4 Å². The van der Waals surface area contributed by atoms with Crippen LogP contribution >= 0.6 is 0 Å². The molecule has 0 unspecified atom stereocenters. The molecule has 2 aromatic heterocycles. The molecule has 2 rings (SSSR count). The molecule has 0 fully saturated rings. The molecule has 0 spiro atoms. The molecule has 0 aliphatic carbocycles. The van der Waals surface area contributed by atoms with Gasteiger partial charge in [-0.05, 0) is 38.5 Å². The van der Waals surface area contributed by atoms with Crippen molar-refractivity contribution >= 4 is 11.9 Å². The topological polar surface area (TPSA) is 88.3 Å². The lowest BCUT2D eigenvalue weighted by Crippen LogP contribution is -2.31. The van der Waals surface area contributed by atoms with Crippen LogP contribution in [0.3, 0.4) is 0 Å². The molecule has 0 radical (unpaired) electrons. The van der Waals surface area contributed by atoms with Gasteiger partial charge >= 0.3 is 12.1 Å². The van der Waals surface area contributed by atoms with Crippen LogP contribution in [0.4, 0.5) is 13.2 Å². The summed E-state index contributed by atoms with van der Waals surface area (Å²) in [5, 5.41) is 11.6. The molecular weight excluding hydrogens is 389 g/mol. The number of carboxylic acid groups (broad SMARTS) is 1. The number of nitrogens with zero attached hydrogens (tertiary/aromatic N) is 4. The first kappa shape index (κ1) is 23.9. The van der Waals surface area contributed by atoms with Gasteiger partial charge in [-0.25, -0.2) is 4.79 Å². The monoisotopic (exact) mass is 412 g/mol. The summed E-state index contributed by atoms with van der Waals surface area (Å²) in [5.74, 6) is -2.74. The summed E-state index contributed by atoms with van der Waals surface area (Å²) in [6, 6.07) is 3.85. The Bertz CT molecular complexity index is 848. The van der Waals surface area contributed by atoms with Crippen molar-refractivity contribution in [3.8, 4) is 0 Å². The van der Waals surface area contributed by atoms with Crippen molar-refractivity contribution in [2.45, 2.75) is 40.0 Å². The number of aromatic nitrogens is 3. The molecule has 2 heterocycles. The fourth-order valence-electron chi connectivity index (χ4n) is 2.50. The molecule has 0 aliphatic rings. The number of carbonyl (C=O) groups excluding carboxylic acids is 1. The zero-order valence-electron chi connectivity index (χ0n) is 16.4. The second-order valence-electron chi connectivity index (χ2n) is 5.99. The Morgan fingerprint density at radius 3 is 2.28 bits per heavy atom. The van der Waals surface area contributed by atoms with E-state index in [1.807, 2.05) is 42.5 Å². The number of halogens is 3. The SMILES string of the molecule is C=CCn1nc(C)c(C(=O)N(CC)Cc2ccncc2)c1C.O=C(O)C(F)(F)F. The molecule has 7 nitrogen and oxygen atoms in total. The van der Waals surface area contributed by atoms with Crippen molar-refractivity contribution < 1.29 is 27.9 Å². The van der Waals surface area contributed by atoms with Gasteiger partial charge in [-0.2, -0.15) is 18.3 Å². The molecule has 0 aliphatic heterocycles. The van der Waals surface area contributed by atoms with E-state index < -0.39 is 12.1 Å². The maximum atomic E-state index is 12.9. The van der Waals surface area contributed by atoms with Gasteiger partial charge in [-0.1, -0.05) is 6.08 Å². The number of rotatable bonds is 6. The minimum Gasteiger partial charge on any atom is -0.475 e. The largest absolute Gasteiger partial charge is 0.490 e. The molecule has 1 N–H and O–H groups in total. The smallest absolute Gasteiger partial charge is 0.475 e. The highest BCUT2D eigenvalue weighted by Gasteiger charge is 2.38. The highest BCUT2D eigenvalue weighted by molar-refractivity contribution is 5.96. The summed E-state index contributed by atoms with van der Waals surface area (Å²) in [6.07, 6.45) is 0.181. The number of carbonyl (C=O) groups is 2. The van der Waals surface area contributed by atoms with Crippen molar-refractivity contribution in [1.82, 2.24) is 19.7 Å². The Hall–Kier alpha value is -3.17. The van der Waals surface area contributed by atoms with E-state index in [1.165, 1.54) is 0 Å². The summed E-state index contributed by atoms with van der Waals surface area (Å²) < 4.78 is 33.6. The van der Waals surface area contributed by atoms with E-state index in [0.29, 0.717) is 25.2 Å². The average molecular weight is 412 g/mol. The zero-order chi connectivity index (χ0) is 22.2. The molecule has 0 bridgehead atoms. The van der Waals surface area contributed by atoms with Crippen molar-refractivity contribution in [2.24, 2.45) is 0 Å². The van der Waals surface area contributed by atoms with E-state index in [1.54, 1.807) is 18.5 Å². The quantitative estimate of drug-likeness (QED) is 0.735. The van der Waals surface area contributed by atoms with Gasteiger partial charge < -0.3 is 10.0 Å². The molecule has 29 heavy (non-hydrogen) atoms. The summed E-state index contributed by atoms with van der Waals surface area (Å²) in [7, 11) is 0. The van der Waals surface area contributed by atoms with Crippen molar-refractivity contribution in [3.63, 3.8) is 0 Å².